The van der Waals surface area contributed by atoms with E-state index in [1.807, 2.05) is 18.2 Å². The molecule has 0 heterocycles. The summed E-state index contributed by atoms with van der Waals surface area (Å²) in [5, 5.41) is 0. The summed E-state index contributed by atoms with van der Waals surface area (Å²) in [4.78, 5) is 0. The lowest BCUT2D eigenvalue weighted by Crippen LogP contribution is -2.00. The summed E-state index contributed by atoms with van der Waals surface area (Å²) in [7, 11) is 0. The van der Waals surface area contributed by atoms with E-state index >= 15 is 0 Å². The molecule has 1 nitrogen and oxygen atoms in total. The molecule has 0 aliphatic heterocycles. The molecule has 2 aromatic carbocycles. The molecule has 92 valence electrons. The van der Waals surface area contributed by atoms with Crippen LogP contribution in [0.1, 0.15) is 23.5 Å². The number of halogens is 1. The average molecular weight is 241 g/mol. The summed E-state index contributed by atoms with van der Waals surface area (Å²) < 4.78 is 12.6. The maximum atomic E-state index is 12.6. The van der Waals surface area contributed by atoms with Crippen molar-refractivity contribution in [3.63, 3.8) is 0 Å². The normalized spacial score (nSPS) is 21.9. The van der Waals surface area contributed by atoms with Crippen LogP contribution in [-0.4, -0.2) is 6.04 Å². The molecule has 2 N–H and O–H groups in total. The molecule has 0 bridgehead atoms. The molecule has 0 aromatic heterocycles. The van der Waals surface area contributed by atoms with Crippen molar-refractivity contribution in [2.24, 2.45) is 5.73 Å². The van der Waals surface area contributed by atoms with Gasteiger partial charge in [-0.1, -0.05) is 42.5 Å². The number of rotatable bonds is 3. The smallest absolute Gasteiger partial charge is 0.115 e. The number of alkyl halides is 1. The van der Waals surface area contributed by atoms with Crippen molar-refractivity contribution in [3.8, 4) is 11.1 Å². The Morgan fingerprint density at radius 1 is 1.06 bits per heavy atom. The van der Waals surface area contributed by atoms with Crippen LogP contribution in [0.4, 0.5) is 4.39 Å². The molecule has 2 heteroatoms. The van der Waals surface area contributed by atoms with Crippen molar-refractivity contribution < 1.29 is 4.39 Å². The standard InChI is InChI=1S/C16H16FN/c17-10-11-2-1-3-14(8-11)12-4-6-13(7-5-12)15-9-16(15)18/h1-8,15-16H,9-10,18H2/t15-,16+/m0/s1. The van der Waals surface area contributed by atoms with Gasteiger partial charge < -0.3 is 5.73 Å². The molecule has 0 unspecified atom stereocenters. The van der Waals surface area contributed by atoms with Crippen LogP contribution in [0, 0.1) is 0 Å². The van der Waals surface area contributed by atoms with Crippen LogP contribution in [0.25, 0.3) is 11.1 Å². The van der Waals surface area contributed by atoms with E-state index in [1.165, 1.54) is 5.56 Å². The lowest BCUT2D eigenvalue weighted by Gasteiger charge is -2.05. The first-order chi connectivity index (χ1) is 8.78. The zero-order valence-electron chi connectivity index (χ0n) is 10.1. The average Bonchev–Trinajstić information content (AvgIpc) is 3.16. The minimum Gasteiger partial charge on any atom is -0.327 e. The van der Waals surface area contributed by atoms with Gasteiger partial charge in [0.05, 0.1) is 0 Å². The Morgan fingerprint density at radius 2 is 1.78 bits per heavy atom. The molecule has 1 aliphatic rings. The first-order valence-corrected chi connectivity index (χ1v) is 6.29. The Hall–Kier alpha value is -1.67. The Labute approximate surface area is 106 Å². The van der Waals surface area contributed by atoms with Gasteiger partial charge in [-0.15, -0.1) is 0 Å². The summed E-state index contributed by atoms with van der Waals surface area (Å²) in [5.74, 6) is 0.538. The van der Waals surface area contributed by atoms with Crippen molar-refractivity contribution >= 4 is 0 Å². The van der Waals surface area contributed by atoms with Gasteiger partial charge in [-0.3, -0.25) is 0 Å². The largest absolute Gasteiger partial charge is 0.327 e. The second kappa shape index (κ2) is 4.54. The van der Waals surface area contributed by atoms with Crippen LogP contribution in [0.2, 0.25) is 0 Å². The third-order valence-corrected chi connectivity index (χ3v) is 3.59. The molecule has 3 rings (SSSR count). The third-order valence-electron chi connectivity index (χ3n) is 3.59. The highest BCUT2D eigenvalue weighted by Gasteiger charge is 2.34. The molecule has 2 atom stereocenters. The first-order valence-electron chi connectivity index (χ1n) is 6.29. The molecule has 1 fully saturated rings. The maximum absolute atomic E-state index is 12.6. The topological polar surface area (TPSA) is 26.0 Å². The van der Waals surface area contributed by atoms with Gasteiger partial charge in [0, 0.05) is 12.0 Å². The second-order valence-electron chi connectivity index (χ2n) is 4.96. The highest BCUT2D eigenvalue weighted by atomic mass is 19.1. The maximum Gasteiger partial charge on any atom is 0.115 e. The second-order valence-corrected chi connectivity index (χ2v) is 4.96. The lowest BCUT2D eigenvalue weighted by atomic mass is 10.0. The molecule has 0 amide bonds. The van der Waals surface area contributed by atoms with Gasteiger partial charge in [0.1, 0.15) is 6.67 Å². The van der Waals surface area contributed by atoms with Gasteiger partial charge in [0.15, 0.2) is 0 Å². The fourth-order valence-corrected chi connectivity index (χ4v) is 2.35. The van der Waals surface area contributed by atoms with Gasteiger partial charge in [-0.25, -0.2) is 4.39 Å². The third kappa shape index (κ3) is 2.16. The molecule has 0 spiro atoms. The highest BCUT2D eigenvalue weighted by Crippen LogP contribution is 2.39. The van der Waals surface area contributed by atoms with Crippen LogP contribution in [-0.2, 0) is 6.67 Å². The number of nitrogens with two attached hydrogens (primary N) is 1. The van der Waals surface area contributed by atoms with E-state index in [9.17, 15) is 4.39 Å². The van der Waals surface area contributed by atoms with E-state index < -0.39 is 6.67 Å². The number of hydrogen-bond acceptors (Lipinski definition) is 1. The molecular formula is C16H16FN. The SMILES string of the molecule is N[C@@H]1C[C@H]1c1ccc(-c2cccc(CF)c2)cc1. The Kier molecular flexibility index (Phi) is 2.88. The predicted octanol–water partition coefficient (Wildman–Crippen LogP) is 3.64. The van der Waals surface area contributed by atoms with Crippen LogP contribution >= 0.6 is 0 Å². The van der Waals surface area contributed by atoms with Crippen LogP contribution in [0.5, 0.6) is 0 Å². The lowest BCUT2D eigenvalue weighted by molar-refractivity contribution is 0.485. The summed E-state index contributed by atoms with van der Waals surface area (Å²) in [6, 6.07) is 16.4. The van der Waals surface area contributed by atoms with Crippen LogP contribution in [0.3, 0.4) is 0 Å². The van der Waals surface area contributed by atoms with Crippen molar-refractivity contribution in [3.05, 3.63) is 59.7 Å². The summed E-state index contributed by atoms with van der Waals surface area (Å²) in [6.07, 6.45) is 1.09. The van der Waals surface area contributed by atoms with Gasteiger partial charge >= 0.3 is 0 Å². The van der Waals surface area contributed by atoms with E-state index in [-0.39, 0.29) is 0 Å². The molecule has 0 saturated heterocycles. The van der Waals surface area contributed by atoms with Gasteiger partial charge in [0.25, 0.3) is 0 Å². The molecule has 2 aromatic rings. The van der Waals surface area contributed by atoms with Crippen molar-refractivity contribution in [1.29, 1.82) is 0 Å². The van der Waals surface area contributed by atoms with E-state index in [0.717, 1.165) is 23.1 Å². The molecular weight excluding hydrogens is 225 g/mol. The van der Waals surface area contributed by atoms with E-state index in [4.69, 9.17) is 5.73 Å². The van der Waals surface area contributed by atoms with Crippen molar-refractivity contribution in [2.75, 3.05) is 0 Å². The summed E-state index contributed by atoms with van der Waals surface area (Å²) >= 11 is 0. The monoisotopic (exact) mass is 241 g/mol. The summed E-state index contributed by atoms with van der Waals surface area (Å²) in [6.45, 7) is -0.414. The van der Waals surface area contributed by atoms with Crippen LogP contribution in [0.15, 0.2) is 48.5 Å². The Balaban J connectivity index is 1.87. The Morgan fingerprint density at radius 3 is 2.39 bits per heavy atom. The minimum absolute atomic E-state index is 0.339. The summed E-state index contributed by atoms with van der Waals surface area (Å²) in [5.41, 5.74) is 10.1. The van der Waals surface area contributed by atoms with E-state index in [2.05, 4.69) is 24.3 Å². The zero-order valence-corrected chi connectivity index (χ0v) is 10.1. The zero-order chi connectivity index (χ0) is 12.5. The van der Waals surface area contributed by atoms with Crippen molar-refractivity contribution in [1.82, 2.24) is 0 Å². The minimum atomic E-state index is -0.414. The fraction of sp³-hybridized carbons (Fsp3) is 0.250. The first kappa shape index (κ1) is 11.4. The molecule has 1 aliphatic carbocycles. The highest BCUT2D eigenvalue weighted by molar-refractivity contribution is 5.64. The predicted molar refractivity (Wildman–Crippen MR) is 72.0 cm³/mol. The molecule has 0 radical (unpaired) electrons. The molecule has 18 heavy (non-hydrogen) atoms. The van der Waals surface area contributed by atoms with E-state index in [1.54, 1.807) is 6.07 Å². The quantitative estimate of drug-likeness (QED) is 0.872. The Bertz CT molecular complexity index is 547. The van der Waals surface area contributed by atoms with Crippen molar-refractivity contribution in [2.45, 2.75) is 25.1 Å². The van der Waals surface area contributed by atoms with Gasteiger partial charge in [-0.2, -0.15) is 0 Å². The van der Waals surface area contributed by atoms with E-state index in [0.29, 0.717) is 12.0 Å². The number of hydrogen-bond donors (Lipinski definition) is 1. The fourth-order valence-electron chi connectivity index (χ4n) is 2.35. The van der Waals surface area contributed by atoms with Gasteiger partial charge in [0.2, 0.25) is 0 Å². The number of benzene rings is 2. The van der Waals surface area contributed by atoms with Gasteiger partial charge in [-0.05, 0) is 34.7 Å². The van der Waals surface area contributed by atoms with Crippen LogP contribution < -0.4 is 5.73 Å². The molecule has 1 saturated carbocycles.